The summed E-state index contributed by atoms with van der Waals surface area (Å²) in [5, 5.41) is 35.6. The van der Waals surface area contributed by atoms with Crippen LogP contribution in [-0.2, 0) is 45.0 Å². The van der Waals surface area contributed by atoms with E-state index in [1.54, 1.807) is 0 Å². The minimum atomic E-state index is -1.43. The number of esters is 1. The van der Waals surface area contributed by atoms with E-state index < -0.39 is 36.2 Å². The van der Waals surface area contributed by atoms with Gasteiger partial charge in [0.1, 0.15) is 30.1 Å². The number of benzene rings is 4. The van der Waals surface area contributed by atoms with Crippen LogP contribution in [0.25, 0.3) is 0 Å². The maximum atomic E-state index is 12.7. The number of aliphatic carboxylic acids is 2. The van der Waals surface area contributed by atoms with E-state index in [1.807, 2.05) is 30.3 Å². The predicted octanol–water partition coefficient (Wildman–Crippen LogP) is 4.70. The van der Waals surface area contributed by atoms with E-state index in [1.165, 1.54) is 72.8 Å². The van der Waals surface area contributed by atoms with Gasteiger partial charge in [-0.1, -0.05) is 74.2 Å². The van der Waals surface area contributed by atoms with Crippen LogP contribution in [0.4, 0.5) is 13.2 Å². The Morgan fingerprint density at radius 2 is 0.957 bits per heavy atom. The minimum absolute atomic E-state index is 0. The van der Waals surface area contributed by atoms with E-state index in [4.69, 9.17) is 25.8 Å². The van der Waals surface area contributed by atoms with Crippen LogP contribution in [0.3, 0.4) is 0 Å². The molecule has 12 heteroatoms. The Labute approximate surface area is 270 Å². The van der Waals surface area contributed by atoms with E-state index in [2.05, 4.69) is 0 Å². The number of hydrogen-bond donors (Lipinski definition) is 5. The SMILES string of the molecule is C.N[C@H](Cc1ccc(F)cc1)C(=O)O.O=C(O)[C@H](O)Cc1ccc(F)cc1.O=C(OCc1ccccc1)[C@H](O)Cc1ccc(F)cc1. The van der Waals surface area contributed by atoms with Crippen molar-refractivity contribution in [2.24, 2.45) is 5.73 Å². The summed E-state index contributed by atoms with van der Waals surface area (Å²) in [4.78, 5) is 32.3. The molecule has 47 heavy (non-hydrogen) atoms. The number of nitrogens with two attached hydrogens (primary N) is 1. The van der Waals surface area contributed by atoms with E-state index in [0.717, 1.165) is 11.1 Å². The third-order valence-electron chi connectivity index (χ3n) is 6.15. The minimum Gasteiger partial charge on any atom is -0.480 e. The Hall–Kier alpha value is -5.04. The molecule has 0 spiro atoms. The lowest BCUT2D eigenvalue weighted by atomic mass is 10.1. The molecule has 0 aliphatic carbocycles. The van der Waals surface area contributed by atoms with Crippen LogP contribution >= 0.6 is 0 Å². The standard InChI is InChI=1S/C16H15FO3.C9H10FNO2.C9H9FO3.CH4/c17-14-8-6-12(7-9-14)10-15(18)16(19)20-11-13-4-2-1-3-5-13;2*10-7-3-1-6(2-4-7)5-8(11)9(12)13;/h1-9,15,18H,10-11H2;1-4,8H,5,11H2,(H,12,13);1-4,8,11H,5H2,(H,12,13);1H4/t15-;2*8-;/m111./s1. The van der Waals surface area contributed by atoms with Crippen molar-refractivity contribution in [3.8, 4) is 0 Å². The lowest BCUT2D eigenvalue weighted by molar-refractivity contribution is -0.154. The number of aliphatic hydroxyl groups is 2. The summed E-state index contributed by atoms with van der Waals surface area (Å²) in [6, 6.07) is 24.9. The quantitative estimate of drug-likeness (QED) is 0.144. The number of carboxylic acid groups (broad SMARTS) is 2. The molecule has 0 radical (unpaired) electrons. The first-order chi connectivity index (χ1) is 21.8. The van der Waals surface area contributed by atoms with Gasteiger partial charge in [-0.25, -0.2) is 22.8 Å². The lowest BCUT2D eigenvalue weighted by Crippen LogP contribution is -2.32. The van der Waals surface area contributed by atoms with Gasteiger partial charge < -0.3 is 30.9 Å². The van der Waals surface area contributed by atoms with Crippen molar-refractivity contribution in [3.05, 3.63) is 143 Å². The fourth-order valence-corrected chi connectivity index (χ4v) is 3.64. The molecule has 0 bridgehead atoms. The van der Waals surface area contributed by atoms with Gasteiger partial charge in [0.15, 0.2) is 12.2 Å². The third-order valence-corrected chi connectivity index (χ3v) is 6.15. The average Bonchev–Trinajstić information content (AvgIpc) is 3.04. The first-order valence-corrected chi connectivity index (χ1v) is 13.8. The number of ether oxygens (including phenoxy) is 1. The third kappa shape index (κ3) is 16.2. The first-order valence-electron chi connectivity index (χ1n) is 13.8. The number of carboxylic acids is 2. The van der Waals surface area contributed by atoms with Crippen molar-refractivity contribution < 1.29 is 52.7 Å². The van der Waals surface area contributed by atoms with Crippen LogP contribution < -0.4 is 5.73 Å². The number of hydrogen-bond acceptors (Lipinski definition) is 7. The van der Waals surface area contributed by atoms with Gasteiger partial charge in [-0.2, -0.15) is 0 Å². The van der Waals surface area contributed by atoms with Gasteiger partial charge >= 0.3 is 17.9 Å². The van der Waals surface area contributed by atoms with Crippen molar-refractivity contribution in [3.63, 3.8) is 0 Å². The molecule has 0 amide bonds. The molecule has 3 atom stereocenters. The van der Waals surface area contributed by atoms with Gasteiger partial charge in [0.25, 0.3) is 0 Å². The number of aliphatic hydroxyl groups excluding tert-OH is 2. The molecule has 6 N–H and O–H groups in total. The largest absolute Gasteiger partial charge is 0.480 e. The van der Waals surface area contributed by atoms with Gasteiger partial charge in [-0.3, -0.25) is 4.79 Å². The molecular formula is C35H38F3NO8. The summed E-state index contributed by atoms with van der Waals surface area (Å²) in [5.74, 6) is -4.08. The molecule has 0 saturated carbocycles. The molecule has 0 aromatic heterocycles. The molecule has 0 fully saturated rings. The Kier molecular flexibility index (Phi) is 17.8. The van der Waals surface area contributed by atoms with E-state index in [0.29, 0.717) is 11.1 Å². The predicted molar refractivity (Wildman–Crippen MR) is 169 cm³/mol. The second kappa shape index (κ2) is 20.9. The molecular weight excluding hydrogens is 619 g/mol. The summed E-state index contributed by atoms with van der Waals surface area (Å²) in [7, 11) is 0. The van der Waals surface area contributed by atoms with Gasteiger partial charge in [0, 0.05) is 12.8 Å². The topological polar surface area (TPSA) is 167 Å². The van der Waals surface area contributed by atoms with Crippen molar-refractivity contribution >= 4 is 17.9 Å². The van der Waals surface area contributed by atoms with Crippen LogP contribution in [0.15, 0.2) is 103 Å². The highest BCUT2D eigenvalue weighted by Crippen LogP contribution is 2.09. The smallest absolute Gasteiger partial charge is 0.335 e. The molecule has 4 aromatic rings. The molecule has 252 valence electrons. The molecule has 9 nitrogen and oxygen atoms in total. The van der Waals surface area contributed by atoms with Crippen molar-refractivity contribution in [2.45, 2.75) is 51.5 Å². The summed E-state index contributed by atoms with van der Waals surface area (Å²) in [5.41, 5.74) is 8.14. The van der Waals surface area contributed by atoms with Crippen LogP contribution in [0.2, 0.25) is 0 Å². The van der Waals surface area contributed by atoms with Gasteiger partial charge in [0.05, 0.1) is 0 Å². The van der Waals surface area contributed by atoms with Gasteiger partial charge in [0.2, 0.25) is 0 Å². The second-order valence-electron chi connectivity index (χ2n) is 9.90. The average molecular weight is 658 g/mol. The normalized spacial score (nSPS) is 12.0. The van der Waals surface area contributed by atoms with E-state index >= 15 is 0 Å². The van der Waals surface area contributed by atoms with Crippen molar-refractivity contribution in [1.29, 1.82) is 0 Å². The zero-order valence-corrected chi connectivity index (χ0v) is 24.5. The lowest BCUT2D eigenvalue weighted by Gasteiger charge is -2.11. The second-order valence-corrected chi connectivity index (χ2v) is 9.90. The Balaban J connectivity index is 0.000000362. The maximum Gasteiger partial charge on any atom is 0.335 e. The van der Waals surface area contributed by atoms with E-state index in [9.17, 15) is 32.7 Å². The Bertz CT molecular complexity index is 1440. The molecule has 0 aliphatic heterocycles. The van der Waals surface area contributed by atoms with Crippen molar-refractivity contribution in [2.75, 3.05) is 0 Å². The van der Waals surface area contributed by atoms with Gasteiger partial charge in [-0.15, -0.1) is 0 Å². The number of halogens is 3. The molecule has 0 unspecified atom stereocenters. The number of carbonyl (C=O) groups excluding carboxylic acids is 1. The molecule has 0 aliphatic rings. The fraction of sp³-hybridized carbons (Fsp3) is 0.229. The zero-order chi connectivity index (χ0) is 34.1. The molecule has 0 heterocycles. The maximum absolute atomic E-state index is 12.7. The zero-order valence-electron chi connectivity index (χ0n) is 24.5. The van der Waals surface area contributed by atoms with Crippen LogP contribution in [0.1, 0.15) is 29.7 Å². The summed E-state index contributed by atoms with van der Waals surface area (Å²) in [6.07, 6.45) is -2.35. The number of rotatable bonds is 11. The van der Waals surface area contributed by atoms with Gasteiger partial charge in [-0.05, 0) is 65.1 Å². The van der Waals surface area contributed by atoms with E-state index in [-0.39, 0.29) is 50.7 Å². The fourth-order valence-electron chi connectivity index (χ4n) is 3.64. The van der Waals surface area contributed by atoms with Crippen molar-refractivity contribution in [1.82, 2.24) is 0 Å². The summed E-state index contributed by atoms with van der Waals surface area (Å²) >= 11 is 0. The van der Waals surface area contributed by atoms with Crippen LogP contribution in [-0.4, -0.2) is 56.6 Å². The molecule has 4 rings (SSSR count). The Morgan fingerprint density at radius 1 is 0.574 bits per heavy atom. The molecule has 4 aromatic carbocycles. The molecule has 0 saturated heterocycles. The monoisotopic (exact) mass is 657 g/mol. The first kappa shape index (κ1) is 40.0. The highest BCUT2D eigenvalue weighted by atomic mass is 19.1. The van der Waals surface area contributed by atoms with Crippen LogP contribution in [0, 0.1) is 17.5 Å². The number of carbonyl (C=O) groups is 3. The summed E-state index contributed by atoms with van der Waals surface area (Å²) in [6.45, 7) is 0.125. The Morgan fingerprint density at radius 3 is 1.34 bits per heavy atom. The highest BCUT2D eigenvalue weighted by Gasteiger charge is 2.17. The van der Waals surface area contributed by atoms with Crippen LogP contribution in [0.5, 0.6) is 0 Å². The summed E-state index contributed by atoms with van der Waals surface area (Å²) < 4.78 is 42.6. The highest BCUT2D eigenvalue weighted by molar-refractivity contribution is 5.75.